The molecule has 0 unspecified atom stereocenters. The second-order valence-electron chi connectivity index (χ2n) is 4.42. The summed E-state index contributed by atoms with van der Waals surface area (Å²) >= 11 is 3.17. The largest absolute Gasteiger partial charge is 0.502 e. The van der Waals surface area contributed by atoms with Crippen molar-refractivity contribution in [3.8, 4) is 17.2 Å². The van der Waals surface area contributed by atoms with Crippen LogP contribution in [0.3, 0.4) is 0 Å². The summed E-state index contributed by atoms with van der Waals surface area (Å²) in [6.07, 6.45) is 1.33. The summed E-state index contributed by atoms with van der Waals surface area (Å²) in [5, 5.41) is 20.9. The Morgan fingerprint density at radius 2 is 2.00 bits per heavy atom. The van der Waals surface area contributed by atoms with E-state index in [1.165, 1.54) is 32.6 Å². The molecule has 2 aromatic carbocycles. The maximum absolute atomic E-state index is 10.9. The molecule has 23 heavy (non-hydrogen) atoms. The molecule has 0 bridgehead atoms. The number of hydrogen-bond donors (Lipinski definition) is 1. The lowest BCUT2D eigenvalue weighted by atomic mass is 10.2. The van der Waals surface area contributed by atoms with E-state index >= 15 is 0 Å². The van der Waals surface area contributed by atoms with Crippen LogP contribution in [-0.4, -0.2) is 30.5 Å². The first-order valence-electron chi connectivity index (χ1n) is 6.39. The van der Waals surface area contributed by atoms with Crippen molar-refractivity contribution in [2.45, 2.75) is 0 Å². The van der Waals surface area contributed by atoms with E-state index in [-0.39, 0.29) is 5.56 Å². The van der Waals surface area contributed by atoms with Crippen molar-refractivity contribution < 1.29 is 19.5 Å². The van der Waals surface area contributed by atoms with E-state index in [1.807, 2.05) is 0 Å². The van der Waals surface area contributed by atoms with Crippen molar-refractivity contribution in [1.82, 2.24) is 0 Å². The van der Waals surface area contributed by atoms with Gasteiger partial charge in [-0.2, -0.15) is 0 Å². The molecular formula is C15H13BrN2O5. The highest BCUT2D eigenvalue weighted by molar-refractivity contribution is 9.10. The maximum atomic E-state index is 10.9. The van der Waals surface area contributed by atoms with E-state index in [9.17, 15) is 15.2 Å². The first kappa shape index (κ1) is 16.8. The molecular weight excluding hydrogens is 368 g/mol. The predicted molar refractivity (Wildman–Crippen MR) is 89.3 cm³/mol. The molecule has 0 amide bonds. The summed E-state index contributed by atoms with van der Waals surface area (Å²) in [5.41, 5.74) is 0.307. The van der Waals surface area contributed by atoms with Gasteiger partial charge in [0, 0.05) is 28.4 Å². The van der Waals surface area contributed by atoms with E-state index in [0.717, 1.165) is 0 Å². The van der Waals surface area contributed by atoms with Gasteiger partial charge in [0.1, 0.15) is 17.2 Å². The van der Waals surface area contributed by atoms with Crippen molar-refractivity contribution in [3.63, 3.8) is 0 Å². The van der Waals surface area contributed by atoms with E-state index in [1.54, 1.807) is 18.2 Å². The lowest BCUT2D eigenvalue weighted by molar-refractivity contribution is -0.385. The predicted octanol–water partition coefficient (Wildman–Crippen LogP) is 3.83. The quantitative estimate of drug-likeness (QED) is 0.483. The number of methoxy groups -OCH3 is 2. The standard InChI is InChI=1S/C15H13BrN2O5/c1-22-11-3-4-12(14(7-11)23-2)17-8-9-5-10(16)6-13(15(9)19)18(20)21/h3-8,19H,1-2H3/b17-8+. The Morgan fingerprint density at radius 3 is 2.61 bits per heavy atom. The lowest BCUT2D eigenvalue weighted by Gasteiger charge is -2.07. The van der Waals surface area contributed by atoms with Crippen LogP contribution in [0, 0.1) is 10.1 Å². The van der Waals surface area contributed by atoms with Gasteiger partial charge in [-0.15, -0.1) is 0 Å². The zero-order valence-electron chi connectivity index (χ0n) is 12.3. The van der Waals surface area contributed by atoms with Crippen molar-refractivity contribution >= 4 is 33.5 Å². The number of aliphatic imine (C=N–C) groups is 1. The number of rotatable bonds is 5. The summed E-state index contributed by atoms with van der Waals surface area (Å²) in [6.45, 7) is 0. The van der Waals surface area contributed by atoms with Crippen LogP contribution in [0.2, 0.25) is 0 Å². The molecule has 2 aromatic rings. The first-order chi connectivity index (χ1) is 11.0. The van der Waals surface area contributed by atoms with E-state index in [4.69, 9.17) is 9.47 Å². The molecule has 0 aromatic heterocycles. The van der Waals surface area contributed by atoms with Crippen LogP contribution >= 0.6 is 15.9 Å². The molecule has 0 saturated heterocycles. The van der Waals surface area contributed by atoms with Crippen LogP contribution in [0.5, 0.6) is 17.2 Å². The van der Waals surface area contributed by atoms with Crippen LogP contribution in [0.25, 0.3) is 0 Å². The average molecular weight is 381 g/mol. The van der Waals surface area contributed by atoms with E-state index in [2.05, 4.69) is 20.9 Å². The summed E-state index contributed by atoms with van der Waals surface area (Å²) in [5.74, 6) is 0.640. The molecule has 0 heterocycles. The summed E-state index contributed by atoms with van der Waals surface area (Å²) < 4.78 is 10.8. The molecule has 0 aliphatic heterocycles. The average Bonchev–Trinajstić information content (AvgIpc) is 2.54. The molecule has 0 radical (unpaired) electrons. The summed E-state index contributed by atoms with van der Waals surface area (Å²) in [7, 11) is 3.03. The number of nitro groups is 1. The number of ether oxygens (including phenoxy) is 2. The highest BCUT2D eigenvalue weighted by atomic mass is 79.9. The van der Waals surface area contributed by atoms with Crippen LogP contribution in [0.4, 0.5) is 11.4 Å². The highest BCUT2D eigenvalue weighted by Gasteiger charge is 2.17. The summed E-state index contributed by atoms with van der Waals surface area (Å²) in [6, 6.07) is 7.80. The molecule has 0 atom stereocenters. The Labute approximate surface area is 140 Å². The van der Waals surface area contributed by atoms with E-state index in [0.29, 0.717) is 21.7 Å². The third-order valence-corrected chi connectivity index (χ3v) is 3.47. The Balaban J connectivity index is 2.43. The zero-order chi connectivity index (χ0) is 17.0. The Morgan fingerprint density at radius 1 is 1.26 bits per heavy atom. The molecule has 0 aliphatic rings. The number of benzene rings is 2. The number of nitrogens with zero attached hydrogens (tertiary/aromatic N) is 2. The second kappa shape index (κ2) is 7.10. The minimum Gasteiger partial charge on any atom is -0.502 e. The fourth-order valence-corrected chi connectivity index (χ4v) is 2.34. The van der Waals surface area contributed by atoms with Gasteiger partial charge in [-0.05, 0) is 18.2 Å². The van der Waals surface area contributed by atoms with Crippen molar-refractivity contribution in [2.75, 3.05) is 14.2 Å². The van der Waals surface area contributed by atoms with Gasteiger partial charge in [-0.25, -0.2) is 0 Å². The molecule has 0 saturated carbocycles. The van der Waals surface area contributed by atoms with Gasteiger partial charge in [0.2, 0.25) is 5.75 Å². The van der Waals surface area contributed by atoms with Crippen LogP contribution in [0.15, 0.2) is 39.8 Å². The smallest absolute Gasteiger partial charge is 0.312 e. The van der Waals surface area contributed by atoms with Crippen LogP contribution in [0.1, 0.15) is 5.56 Å². The summed E-state index contributed by atoms with van der Waals surface area (Å²) in [4.78, 5) is 14.5. The molecule has 8 heteroatoms. The fourth-order valence-electron chi connectivity index (χ4n) is 1.87. The molecule has 120 valence electrons. The number of hydrogen-bond acceptors (Lipinski definition) is 6. The monoisotopic (exact) mass is 380 g/mol. The molecule has 0 aliphatic carbocycles. The van der Waals surface area contributed by atoms with Gasteiger partial charge < -0.3 is 14.6 Å². The number of phenols is 1. The molecule has 2 rings (SSSR count). The molecule has 0 spiro atoms. The topological polar surface area (TPSA) is 94.2 Å². The third kappa shape index (κ3) is 3.78. The maximum Gasteiger partial charge on any atom is 0.312 e. The van der Waals surface area contributed by atoms with Crippen molar-refractivity contribution in [3.05, 3.63) is 50.5 Å². The van der Waals surface area contributed by atoms with Gasteiger partial charge in [-0.1, -0.05) is 15.9 Å². The molecule has 7 nitrogen and oxygen atoms in total. The number of halogens is 1. The Hall–Kier alpha value is -2.61. The van der Waals surface area contributed by atoms with Crippen LogP contribution < -0.4 is 9.47 Å². The molecule has 1 N–H and O–H groups in total. The van der Waals surface area contributed by atoms with Gasteiger partial charge in [0.15, 0.2) is 0 Å². The minimum atomic E-state index is -0.661. The van der Waals surface area contributed by atoms with Crippen molar-refractivity contribution in [2.24, 2.45) is 4.99 Å². The van der Waals surface area contributed by atoms with Crippen LogP contribution in [-0.2, 0) is 0 Å². The van der Waals surface area contributed by atoms with Gasteiger partial charge in [-0.3, -0.25) is 15.1 Å². The van der Waals surface area contributed by atoms with E-state index < -0.39 is 16.4 Å². The zero-order valence-corrected chi connectivity index (χ0v) is 13.9. The Bertz CT molecular complexity index is 777. The number of phenolic OH excluding ortho intramolecular Hbond substituents is 1. The highest BCUT2D eigenvalue weighted by Crippen LogP contribution is 2.34. The SMILES string of the molecule is COc1ccc(/N=C/c2cc(Br)cc([N+](=O)[O-])c2O)c(OC)c1. The lowest BCUT2D eigenvalue weighted by Crippen LogP contribution is -1.93. The van der Waals surface area contributed by atoms with Gasteiger partial charge >= 0.3 is 5.69 Å². The third-order valence-electron chi connectivity index (χ3n) is 3.01. The number of nitro benzene ring substituents is 1. The normalized spacial score (nSPS) is 10.7. The van der Waals surface area contributed by atoms with Gasteiger partial charge in [0.05, 0.1) is 19.1 Å². The first-order valence-corrected chi connectivity index (χ1v) is 7.18. The molecule has 0 fully saturated rings. The fraction of sp³-hybridized carbons (Fsp3) is 0.133. The van der Waals surface area contributed by atoms with Gasteiger partial charge in [0.25, 0.3) is 0 Å². The van der Waals surface area contributed by atoms with Crippen molar-refractivity contribution in [1.29, 1.82) is 0 Å². The minimum absolute atomic E-state index is 0.212. The second-order valence-corrected chi connectivity index (χ2v) is 5.33. The number of aromatic hydroxyl groups is 1. The Kier molecular flexibility index (Phi) is 5.17.